The fraction of sp³-hybridized carbons (Fsp3) is 0.654. The summed E-state index contributed by atoms with van der Waals surface area (Å²) < 4.78 is 0. The van der Waals surface area contributed by atoms with Gasteiger partial charge in [0, 0.05) is 11.7 Å². The minimum absolute atomic E-state index is 0.121. The summed E-state index contributed by atoms with van der Waals surface area (Å²) in [6, 6.07) is 5.96. The zero-order valence-electron chi connectivity index (χ0n) is 20.1. The third-order valence-corrected chi connectivity index (χ3v) is 7.59. The maximum absolute atomic E-state index is 13.7. The first-order valence-electron chi connectivity index (χ1n) is 12.3. The molecule has 4 rings (SSSR count). The van der Waals surface area contributed by atoms with Gasteiger partial charge in [-0.15, -0.1) is 0 Å². The Morgan fingerprint density at radius 2 is 1.69 bits per heavy atom. The van der Waals surface area contributed by atoms with E-state index >= 15 is 0 Å². The molecular formula is C26H37N3O3. The number of hydrogen-bond donors (Lipinski definition) is 1. The molecule has 2 aliphatic carbocycles. The van der Waals surface area contributed by atoms with Gasteiger partial charge in [0.2, 0.25) is 5.91 Å². The summed E-state index contributed by atoms with van der Waals surface area (Å²) in [7, 11) is 0. The highest BCUT2D eigenvalue weighted by molar-refractivity contribution is 6.10. The second-order valence-corrected chi connectivity index (χ2v) is 10.5. The van der Waals surface area contributed by atoms with Crippen molar-refractivity contribution in [2.75, 3.05) is 11.9 Å². The van der Waals surface area contributed by atoms with Gasteiger partial charge in [-0.25, -0.2) is 4.79 Å². The quantitative estimate of drug-likeness (QED) is 0.616. The highest BCUT2D eigenvalue weighted by Crippen LogP contribution is 2.48. The highest BCUT2D eigenvalue weighted by atomic mass is 16.2. The van der Waals surface area contributed by atoms with E-state index in [1.54, 1.807) is 0 Å². The van der Waals surface area contributed by atoms with E-state index in [4.69, 9.17) is 0 Å². The smallest absolute Gasteiger partial charge is 0.324 e. The van der Waals surface area contributed by atoms with Gasteiger partial charge in [-0.05, 0) is 54.6 Å². The minimum Gasteiger partial charge on any atom is -0.324 e. The zero-order valence-corrected chi connectivity index (χ0v) is 20.1. The lowest BCUT2D eigenvalue weighted by atomic mass is 9.72. The van der Waals surface area contributed by atoms with Crippen LogP contribution in [-0.2, 0) is 9.59 Å². The first kappa shape index (κ1) is 22.8. The first-order valence-corrected chi connectivity index (χ1v) is 12.3. The topological polar surface area (TPSA) is 69.7 Å². The van der Waals surface area contributed by atoms with Crippen molar-refractivity contribution in [1.29, 1.82) is 0 Å². The molecule has 0 aromatic heterocycles. The standard InChI is InChI=1S/C26H37N3O3/c1-16(2)20-10-8-11-21(17(3)4)23(20)27-22(30)15-28-24(31)26(14-7-6-9-18(26)5)29(25(28)32)19-12-13-19/h8,10-11,16-19H,6-7,9,12-15H2,1-5H3,(H,27,30). The monoisotopic (exact) mass is 439 g/mol. The Morgan fingerprint density at radius 3 is 2.22 bits per heavy atom. The summed E-state index contributed by atoms with van der Waals surface area (Å²) in [5.74, 6) is 0.137. The maximum atomic E-state index is 13.7. The molecule has 0 bridgehead atoms. The Morgan fingerprint density at radius 1 is 1.06 bits per heavy atom. The number of para-hydroxylation sites is 1. The zero-order chi connectivity index (χ0) is 23.2. The van der Waals surface area contributed by atoms with Crippen LogP contribution in [-0.4, -0.2) is 45.8 Å². The van der Waals surface area contributed by atoms with Crippen molar-refractivity contribution in [2.45, 2.75) is 96.6 Å². The average Bonchev–Trinajstić information content (AvgIpc) is 3.54. The molecule has 1 aromatic rings. The van der Waals surface area contributed by atoms with Crippen molar-refractivity contribution in [3.8, 4) is 0 Å². The van der Waals surface area contributed by atoms with Crippen LogP contribution in [0, 0.1) is 5.92 Å². The Bertz CT molecular complexity index is 895. The molecule has 1 aromatic carbocycles. The lowest BCUT2D eigenvalue weighted by molar-refractivity contribution is -0.139. The van der Waals surface area contributed by atoms with E-state index < -0.39 is 5.54 Å². The molecule has 4 amide bonds. The number of nitrogens with zero attached hydrogens (tertiary/aromatic N) is 2. The van der Waals surface area contributed by atoms with E-state index in [1.165, 1.54) is 4.90 Å². The third kappa shape index (κ3) is 3.71. The number of hydrogen-bond acceptors (Lipinski definition) is 3. The molecule has 1 aliphatic heterocycles. The molecule has 32 heavy (non-hydrogen) atoms. The summed E-state index contributed by atoms with van der Waals surface area (Å²) in [6.45, 7) is 10.3. The lowest BCUT2D eigenvalue weighted by Crippen LogP contribution is -2.56. The molecule has 174 valence electrons. The number of carbonyl (C=O) groups excluding carboxylic acids is 3. The van der Waals surface area contributed by atoms with Crippen LogP contribution < -0.4 is 5.32 Å². The van der Waals surface area contributed by atoms with Gasteiger partial charge in [-0.1, -0.05) is 65.7 Å². The van der Waals surface area contributed by atoms with Crippen LogP contribution in [0.15, 0.2) is 18.2 Å². The predicted octanol–water partition coefficient (Wildman–Crippen LogP) is 5.25. The number of rotatable bonds is 6. The van der Waals surface area contributed by atoms with Gasteiger partial charge in [0.15, 0.2) is 0 Å². The summed E-state index contributed by atoms with van der Waals surface area (Å²) >= 11 is 0. The van der Waals surface area contributed by atoms with E-state index in [9.17, 15) is 14.4 Å². The second kappa shape index (κ2) is 8.53. The highest BCUT2D eigenvalue weighted by Gasteiger charge is 2.63. The van der Waals surface area contributed by atoms with Gasteiger partial charge in [-0.2, -0.15) is 0 Å². The van der Waals surface area contributed by atoms with Crippen molar-refractivity contribution >= 4 is 23.5 Å². The van der Waals surface area contributed by atoms with Crippen LogP contribution >= 0.6 is 0 Å². The lowest BCUT2D eigenvalue weighted by Gasteiger charge is -2.43. The Balaban J connectivity index is 1.59. The molecular weight excluding hydrogens is 402 g/mol. The molecule has 3 fully saturated rings. The van der Waals surface area contributed by atoms with E-state index in [2.05, 4.69) is 39.9 Å². The minimum atomic E-state index is -0.754. The van der Waals surface area contributed by atoms with Gasteiger partial charge in [-0.3, -0.25) is 14.5 Å². The Kier molecular flexibility index (Phi) is 6.08. The molecule has 1 spiro atoms. The fourth-order valence-corrected chi connectivity index (χ4v) is 5.70. The number of amides is 4. The van der Waals surface area contributed by atoms with Gasteiger partial charge in [0.25, 0.3) is 5.91 Å². The fourth-order valence-electron chi connectivity index (χ4n) is 5.70. The van der Waals surface area contributed by atoms with Crippen molar-refractivity contribution in [1.82, 2.24) is 9.80 Å². The van der Waals surface area contributed by atoms with E-state index in [1.807, 2.05) is 23.1 Å². The predicted molar refractivity (Wildman–Crippen MR) is 126 cm³/mol. The van der Waals surface area contributed by atoms with Crippen molar-refractivity contribution in [3.63, 3.8) is 0 Å². The van der Waals surface area contributed by atoms with E-state index in [0.717, 1.165) is 48.9 Å². The van der Waals surface area contributed by atoms with Crippen LogP contribution in [0.1, 0.15) is 96.1 Å². The summed E-state index contributed by atoms with van der Waals surface area (Å²) in [5.41, 5.74) is 2.21. The largest absolute Gasteiger partial charge is 0.328 e. The van der Waals surface area contributed by atoms with Gasteiger partial charge in [0.1, 0.15) is 12.1 Å². The van der Waals surface area contributed by atoms with Crippen molar-refractivity contribution < 1.29 is 14.4 Å². The van der Waals surface area contributed by atoms with Crippen molar-refractivity contribution in [2.24, 2.45) is 5.92 Å². The van der Waals surface area contributed by atoms with Crippen LogP contribution in [0.5, 0.6) is 0 Å². The number of imide groups is 1. The van der Waals surface area contributed by atoms with Crippen molar-refractivity contribution in [3.05, 3.63) is 29.3 Å². The number of urea groups is 1. The molecule has 3 aliphatic rings. The normalized spacial score (nSPS) is 26.0. The molecule has 6 nitrogen and oxygen atoms in total. The molecule has 6 heteroatoms. The van der Waals surface area contributed by atoms with E-state index in [0.29, 0.717) is 6.42 Å². The van der Waals surface area contributed by atoms with Crippen LogP contribution in [0.4, 0.5) is 10.5 Å². The van der Waals surface area contributed by atoms with Crippen LogP contribution in [0.2, 0.25) is 0 Å². The molecule has 2 saturated carbocycles. The van der Waals surface area contributed by atoms with Gasteiger partial charge >= 0.3 is 6.03 Å². The summed E-state index contributed by atoms with van der Waals surface area (Å²) in [5, 5.41) is 3.07. The molecule has 0 radical (unpaired) electrons. The second-order valence-electron chi connectivity index (χ2n) is 10.5. The first-order chi connectivity index (χ1) is 15.2. The molecule has 1 heterocycles. The molecule has 2 unspecified atom stereocenters. The molecule has 1 N–H and O–H groups in total. The number of nitrogens with one attached hydrogen (secondary N) is 1. The van der Waals surface area contributed by atoms with Crippen LogP contribution in [0.3, 0.4) is 0 Å². The molecule has 1 saturated heterocycles. The SMILES string of the molecule is CC(C)c1cccc(C(C)C)c1NC(=O)CN1C(=O)N(C2CC2)C2(CCCCC2C)C1=O. The number of anilines is 1. The molecule has 2 atom stereocenters. The average molecular weight is 440 g/mol. The number of benzene rings is 1. The third-order valence-electron chi connectivity index (χ3n) is 7.59. The Labute approximate surface area is 191 Å². The maximum Gasteiger partial charge on any atom is 0.328 e. The Hall–Kier alpha value is -2.37. The van der Waals surface area contributed by atoms with Gasteiger partial charge < -0.3 is 10.2 Å². The van der Waals surface area contributed by atoms with Gasteiger partial charge in [0.05, 0.1) is 0 Å². The van der Waals surface area contributed by atoms with Crippen LogP contribution in [0.25, 0.3) is 0 Å². The summed E-state index contributed by atoms with van der Waals surface area (Å²) in [4.78, 5) is 43.3. The van der Waals surface area contributed by atoms with E-state index in [-0.39, 0.29) is 48.2 Å². The summed E-state index contributed by atoms with van der Waals surface area (Å²) in [6.07, 6.45) is 5.60. The number of carbonyl (C=O) groups is 3.